The number of benzene rings is 2. The van der Waals surface area contributed by atoms with Crippen molar-refractivity contribution in [2.45, 2.75) is 13.0 Å². The zero-order valence-electron chi connectivity index (χ0n) is 11.5. The molecule has 1 unspecified atom stereocenters. The third kappa shape index (κ3) is 2.67. The van der Waals surface area contributed by atoms with Crippen molar-refractivity contribution in [1.82, 2.24) is 0 Å². The molecule has 2 N–H and O–H groups in total. The van der Waals surface area contributed by atoms with E-state index in [0.29, 0.717) is 11.6 Å². The Morgan fingerprint density at radius 3 is 2.90 bits per heavy atom. The van der Waals surface area contributed by atoms with E-state index >= 15 is 0 Å². The van der Waals surface area contributed by atoms with Gasteiger partial charge >= 0.3 is 0 Å². The monoisotopic (exact) mass is 302 g/mol. The SMILES string of the molecule is CCOc1ccccc1NC1C(=O)Nc2ccc(Cl)cc21. The van der Waals surface area contributed by atoms with Crippen molar-refractivity contribution in [3.63, 3.8) is 0 Å². The van der Waals surface area contributed by atoms with Crippen molar-refractivity contribution in [2.75, 3.05) is 17.2 Å². The molecule has 0 fully saturated rings. The predicted octanol–water partition coefficient (Wildman–Crippen LogP) is 3.84. The molecule has 0 aromatic heterocycles. The minimum absolute atomic E-state index is 0.0985. The third-order valence-corrected chi connectivity index (χ3v) is 3.57. The van der Waals surface area contributed by atoms with E-state index in [1.807, 2.05) is 37.3 Å². The fourth-order valence-electron chi connectivity index (χ4n) is 2.40. The van der Waals surface area contributed by atoms with Gasteiger partial charge in [0.05, 0.1) is 12.3 Å². The second-order valence-corrected chi connectivity index (χ2v) is 5.16. The zero-order chi connectivity index (χ0) is 14.8. The van der Waals surface area contributed by atoms with E-state index in [0.717, 1.165) is 22.7 Å². The van der Waals surface area contributed by atoms with Crippen molar-refractivity contribution in [3.05, 3.63) is 53.1 Å². The normalized spacial score (nSPS) is 16.3. The molecule has 1 aliphatic heterocycles. The number of rotatable bonds is 4. The Hall–Kier alpha value is -2.20. The van der Waals surface area contributed by atoms with Crippen molar-refractivity contribution < 1.29 is 9.53 Å². The average molecular weight is 303 g/mol. The van der Waals surface area contributed by atoms with Crippen LogP contribution in [0.15, 0.2) is 42.5 Å². The van der Waals surface area contributed by atoms with Gasteiger partial charge < -0.3 is 15.4 Å². The van der Waals surface area contributed by atoms with Crippen molar-refractivity contribution in [2.24, 2.45) is 0 Å². The molecule has 1 heterocycles. The summed E-state index contributed by atoms with van der Waals surface area (Å²) < 4.78 is 5.57. The smallest absolute Gasteiger partial charge is 0.251 e. The number of halogens is 1. The van der Waals surface area contributed by atoms with Gasteiger partial charge in [-0.1, -0.05) is 23.7 Å². The second kappa shape index (κ2) is 5.66. The summed E-state index contributed by atoms with van der Waals surface area (Å²) in [5.74, 6) is 0.627. The fourth-order valence-corrected chi connectivity index (χ4v) is 2.58. The van der Waals surface area contributed by atoms with Crippen molar-refractivity contribution >= 4 is 28.9 Å². The molecule has 5 heteroatoms. The summed E-state index contributed by atoms with van der Waals surface area (Å²) in [6, 6.07) is 12.5. The number of hydrogen-bond acceptors (Lipinski definition) is 3. The highest BCUT2D eigenvalue weighted by atomic mass is 35.5. The molecule has 2 aromatic carbocycles. The molecule has 0 spiro atoms. The summed E-state index contributed by atoms with van der Waals surface area (Å²) in [5, 5.41) is 6.68. The number of para-hydroxylation sites is 2. The number of amides is 1. The van der Waals surface area contributed by atoms with Crippen LogP contribution in [-0.4, -0.2) is 12.5 Å². The summed E-state index contributed by atoms with van der Waals surface area (Å²) in [5.41, 5.74) is 2.42. The topological polar surface area (TPSA) is 50.4 Å². The number of anilines is 2. The summed E-state index contributed by atoms with van der Waals surface area (Å²) in [4.78, 5) is 12.2. The van der Waals surface area contributed by atoms with Gasteiger partial charge in [-0.3, -0.25) is 4.79 Å². The van der Waals surface area contributed by atoms with E-state index in [2.05, 4.69) is 10.6 Å². The molecule has 3 rings (SSSR count). The third-order valence-electron chi connectivity index (χ3n) is 3.33. The van der Waals surface area contributed by atoms with E-state index in [1.165, 1.54) is 0 Å². The van der Waals surface area contributed by atoms with Gasteiger partial charge in [-0.2, -0.15) is 0 Å². The molecule has 0 radical (unpaired) electrons. The lowest BCUT2D eigenvalue weighted by Crippen LogP contribution is -2.20. The Morgan fingerprint density at radius 1 is 1.29 bits per heavy atom. The molecule has 1 atom stereocenters. The largest absolute Gasteiger partial charge is 0.492 e. The first-order chi connectivity index (χ1) is 10.2. The minimum Gasteiger partial charge on any atom is -0.492 e. The Bertz CT molecular complexity index is 688. The molecule has 1 aliphatic rings. The van der Waals surface area contributed by atoms with E-state index in [1.54, 1.807) is 12.1 Å². The molecule has 21 heavy (non-hydrogen) atoms. The van der Waals surface area contributed by atoms with Crippen molar-refractivity contribution in [3.8, 4) is 5.75 Å². The van der Waals surface area contributed by atoms with Crippen LogP contribution in [0.5, 0.6) is 5.75 Å². The molecule has 0 aliphatic carbocycles. The minimum atomic E-state index is -0.472. The Labute approximate surface area is 128 Å². The van der Waals surface area contributed by atoms with Gasteiger partial charge in [0.2, 0.25) is 0 Å². The number of ether oxygens (including phenoxy) is 1. The van der Waals surface area contributed by atoms with Gasteiger partial charge in [-0.25, -0.2) is 0 Å². The van der Waals surface area contributed by atoms with Gasteiger partial charge in [0, 0.05) is 16.3 Å². The van der Waals surface area contributed by atoms with E-state index < -0.39 is 6.04 Å². The van der Waals surface area contributed by atoms with Crippen LogP contribution in [-0.2, 0) is 4.79 Å². The Kier molecular flexibility index (Phi) is 3.71. The maximum Gasteiger partial charge on any atom is 0.251 e. The fraction of sp³-hybridized carbons (Fsp3) is 0.188. The van der Waals surface area contributed by atoms with Crippen molar-refractivity contribution in [1.29, 1.82) is 0 Å². The Morgan fingerprint density at radius 2 is 2.10 bits per heavy atom. The van der Waals surface area contributed by atoms with Gasteiger partial charge in [0.1, 0.15) is 11.8 Å². The number of nitrogens with one attached hydrogen (secondary N) is 2. The first kappa shape index (κ1) is 13.8. The molecule has 0 saturated heterocycles. The number of carbonyl (C=O) groups is 1. The van der Waals surface area contributed by atoms with E-state index in [4.69, 9.17) is 16.3 Å². The number of carbonyl (C=O) groups excluding carboxylic acids is 1. The zero-order valence-corrected chi connectivity index (χ0v) is 12.3. The van der Waals surface area contributed by atoms with Gasteiger partial charge in [-0.05, 0) is 37.3 Å². The molecule has 2 aromatic rings. The van der Waals surface area contributed by atoms with Crippen LogP contribution in [0.25, 0.3) is 0 Å². The van der Waals surface area contributed by atoms with Crippen LogP contribution in [0.3, 0.4) is 0 Å². The molecule has 1 amide bonds. The Balaban J connectivity index is 1.93. The highest BCUT2D eigenvalue weighted by Crippen LogP contribution is 2.37. The summed E-state index contributed by atoms with van der Waals surface area (Å²) in [6.07, 6.45) is 0. The van der Waals surface area contributed by atoms with Crippen LogP contribution >= 0.6 is 11.6 Å². The highest BCUT2D eigenvalue weighted by molar-refractivity contribution is 6.31. The van der Waals surface area contributed by atoms with Crippen LogP contribution in [0.4, 0.5) is 11.4 Å². The first-order valence-corrected chi connectivity index (χ1v) is 7.15. The van der Waals surface area contributed by atoms with Crippen LogP contribution in [0.2, 0.25) is 5.02 Å². The van der Waals surface area contributed by atoms with E-state index in [-0.39, 0.29) is 5.91 Å². The molecule has 0 bridgehead atoms. The summed E-state index contributed by atoms with van der Waals surface area (Å²) >= 11 is 6.03. The van der Waals surface area contributed by atoms with Gasteiger partial charge in [-0.15, -0.1) is 0 Å². The lowest BCUT2D eigenvalue weighted by atomic mass is 10.1. The number of hydrogen-bond donors (Lipinski definition) is 2. The predicted molar refractivity (Wildman–Crippen MR) is 84.1 cm³/mol. The van der Waals surface area contributed by atoms with Gasteiger partial charge in [0.25, 0.3) is 5.91 Å². The van der Waals surface area contributed by atoms with Gasteiger partial charge in [0.15, 0.2) is 0 Å². The summed E-state index contributed by atoms with van der Waals surface area (Å²) in [6.45, 7) is 2.49. The lowest BCUT2D eigenvalue weighted by molar-refractivity contribution is -0.116. The molecular formula is C16H15ClN2O2. The summed E-state index contributed by atoms with van der Waals surface area (Å²) in [7, 11) is 0. The average Bonchev–Trinajstić information content (AvgIpc) is 2.77. The first-order valence-electron chi connectivity index (χ1n) is 6.77. The second-order valence-electron chi connectivity index (χ2n) is 4.73. The highest BCUT2D eigenvalue weighted by Gasteiger charge is 2.31. The molecular weight excluding hydrogens is 288 g/mol. The quantitative estimate of drug-likeness (QED) is 0.902. The van der Waals surface area contributed by atoms with Crippen LogP contribution < -0.4 is 15.4 Å². The number of fused-ring (bicyclic) bond motifs is 1. The maximum atomic E-state index is 12.2. The van der Waals surface area contributed by atoms with Crippen LogP contribution in [0, 0.1) is 0 Å². The lowest BCUT2D eigenvalue weighted by Gasteiger charge is -2.16. The molecule has 4 nitrogen and oxygen atoms in total. The van der Waals surface area contributed by atoms with E-state index in [9.17, 15) is 4.79 Å². The molecule has 108 valence electrons. The molecule has 0 saturated carbocycles. The van der Waals surface area contributed by atoms with Crippen LogP contribution in [0.1, 0.15) is 18.5 Å². The maximum absolute atomic E-state index is 12.2. The standard InChI is InChI=1S/C16H15ClN2O2/c1-2-21-14-6-4-3-5-13(14)18-15-11-9-10(17)7-8-12(11)19-16(15)20/h3-9,15,18H,2H2,1H3,(H,19,20).